The van der Waals surface area contributed by atoms with Gasteiger partial charge in [0, 0.05) is 5.56 Å². The van der Waals surface area contributed by atoms with Gasteiger partial charge in [-0.25, -0.2) is 0 Å². The van der Waals surface area contributed by atoms with Crippen LogP contribution < -0.4 is 0 Å². The molecule has 0 heterocycles. The van der Waals surface area contributed by atoms with Crippen LogP contribution in [0.4, 0.5) is 0 Å². The Labute approximate surface area is 104 Å². The Hall–Kier alpha value is -1.37. The zero-order valence-corrected chi connectivity index (χ0v) is 10.5. The number of allylic oxidation sites excluding steroid dienone is 2. The van der Waals surface area contributed by atoms with E-state index in [0.717, 1.165) is 12.0 Å². The molecule has 1 heteroatoms. The largest absolute Gasteiger partial charge is 0.295 e. The molecule has 1 atom stereocenters. The van der Waals surface area contributed by atoms with Gasteiger partial charge in [-0.3, -0.25) is 4.79 Å². The van der Waals surface area contributed by atoms with E-state index in [1.807, 2.05) is 12.1 Å². The standard InChI is InChI=1S/C16H20O/c1-13(17)14-9-11-16(12-10-14)15-7-5-3-2-4-6-8-15/h3,5,9-12,15H,2,4,6-8H2,1H3/b5-3-. The number of hydrogen-bond acceptors (Lipinski definition) is 1. The van der Waals surface area contributed by atoms with E-state index in [1.54, 1.807) is 6.92 Å². The van der Waals surface area contributed by atoms with E-state index in [0.29, 0.717) is 5.92 Å². The van der Waals surface area contributed by atoms with Crippen LogP contribution in [0.25, 0.3) is 0 Å². The average molecular weight is 228 g/mol. The third-order valence-electron chi connectivity index (χ3n) is 3.55. The summed E-state index contributed by atoms with van der Waals surface area (Å²) in [6.07, 6.45) is 10.9. The first-order chi connectivity index (χ1) is 8.27. The van der Waals surface area contributed by atoms with Crippen molar-refractivity contribution in [1.29, 1.82) is 0 Å². The van der Waals surface area contributed by atoms with Crippen molar-refractivity contribution in [2.75, 3.05) is 0 Å². The second-order valence-corrected chi connectivity index (χ2v) is 4.87. The second kappa shape index (κ2) is 5.81. The predicted octanol–water partition coefficient (Wildman–Crippen LogP) is 4.49. The number of benzene rings is 1. The fraction of sp³-hybridized carbons (Fsp3) is 0.438. The lowest BCUT2D eigenvalue weighted by Gasteiger charge is -2.17. The third kappa shape index (κ3) is 3.29. The summed E-state index contributed by atoms with van der Waals surface area (Å²) in [7, 11) is 0. The number of Topliss-reactive ketones (excluding diaryl/α,β-unsaturated/α-hetero) is 1. The first-order valence-corrected chi connectivity index (χ1v) is 6.53. The van der Waals surface area contributed by atoms with Gasteiger partial charge in [-0.1, -0.05) is 42.8 Å². The zero-order valence-electron chi connectivity index (χ0n) is 10.5. The molecule has 0 saturated heterocycles. The highest BCUT2D eigenvalue weighted by molar-refractivity contribution is 5.94. The van der Waals surface area contributed by atoms with Crippen LogP contribution in [-0.4, -0.2) is 5.78 Å². The van der Waals surface area contributed by atoms with Gasteiger partial charge in [-0.15, -0.1) is 0 Å². The number of hydrogen-bond donors (Lipinski definition) is 0. The highest BCUT2D eigenvalue weighted by atomic mass is 16.1. The first kappa shape index (κ1) is 12.1. The molecule has 1 aromatic carbocycles. The van der Waals surface area contributed by atoms with Gasteiger partial charge in [0.05, 0.1) is 0 Å². The van der Waals surface area contributed by atoms with Crippen molar-refractivity contribution in [3.05, 3.63) is 47.5 Å². The van der Waals surface area contributed by atoms with Gasteiger partial charge in [0.2, 0.25) is 0 Å². The molecule has 1 unspecified atom stereocenters. The quantitative estimate of drug-likeness (QED) is 0.538. The summed E-state index contributed by atoms with van der Waals surface area (Å²) in [4.78, 5) is 11.2. The van der Waals surface area contributed by atoms with Crippen LogP contribution >= 0.6 is 0 Å². The van der Waals surface area contributed by atoms with E-state index >= 15 is 0 Å². The van der Waals surface area contributed by atoms with Crippen LogP contribution in [0.3, 0.4) is 0 Å². The molecule has 0 bridgehead atoms. The Morgan fingerprint density at radius 1 is 1.12 bits per heavy atom. The lowest BCUT2D eigenvalue weighted by molar-refractivity contribution is 0.101. The van der Waals surface area contributed by atoms with E-state index in [2.05, 4.69) is 24.3 Å². The maximum Gasteiger partial charge on any atom is 0.159 e. The summed E-state index contributed by atoms with van der Waals surface area (Å²) in [5.74, 6) is 0.779. The minimum absolute atomic E-state index is 0.147. The van der Waals surface area contributed by atoms with E-state index in [-0.39, 0.29) is 5.78 Å². The van der Waals surface area contributed by atoms with Crippen molar-refractivity contribution in [2.24, 2.45) is 0 Å². The van der Waals surface area contributed by atoms with Gasteiger partial charge >= 0.3 is 0 Å². The van der Waals surface area contributed by atoms with Crippen molar-refractivity contribution in [3.8, 4) is 0 Å². The Bertz CT molecular complexity index is 400. The Morgan fingerprint density at radius 2 is 1.88 bits per heavy atom. The number of carbonyl (C=O) groups excluding carboxylic acids is 1. The Balaban J connectivity index is 2.12. The molecule has 0 aliphatic heterocycles. The van der Waals surface area contributed by atoms with E-state index in [1.165, 1.54) is 31.2 Å². The summed E-state index contributed by atoms with van der Waals surface area (Å²) in [5, 5.41) is 0. The molecule has 1 aliphatic rings. The molecule has 2 rings (SSSR count). The third-order valence-corrected chi connectivity index (χ3v) is 3.55. The van der Waals surface area contributed by atoms with E-state index < -0.39 is 0 Å². The second-order valence-electron chi connectivity index (χ2n) is 4.87. The molecule has 1 aliphatic carbocycles. The van der Waals surface area contributed by atoms with Crippen molar-refractivity contribution < 1.29 is 4.79 Å². The van der Waals surface area contributed by atoms with Crippen LogP contribution in [0.5, 0.6) is 0 Å². The van der Waals surface area contributed by atoms with Crippen molar-refractivity contribution in [3.63, 3.8) is 0 Å². The van der Waals surface area contributed by atoms with Crippen LogP contribution in [-0.2, 0) is 0 Å². The topological polar surface area (TPSA) is 17.1 Å². The molecule has 0 saturated carbocycles. The minimum atomic E-state index is 0.147. The Kier molecular flexibility index (Phi) is 4.13. The molecule has 90 valence electrons. The molecule has 0 N–H and O–H groups in total. The fourth-order valence-corrected chi connectivity index (χ4v) is 2.44. The molecule has 0 amide bonds. The molecule has 0 spiro atoms. The van der Waals surface area contributed by atoms with Gasteiger partial charge in [0.15, 0.2) is 5.78 Å². The minimum Gasteiger partial charge on any atom is -0.295 e. The average Bonchev–Trinajstić information content (AvgIpc) is 2.29. The van der Waals surface area contributed by atoms with Crippen molar-refractivity contribution in [2.45, 2.75) is 44.9 Å². The van der Waals surface area contributed by atoms with Gasteiger partial charge in [-0.05, 0) is 44.1 Å². The summed E-state index contributed by atoms with van der Waals surface area (Å²) < 4.78 is 0. The molecule has 1 nitrogen and oxygen atoms in total. The van der Waals surface area contributed by atoms with Crippen LogP contribution in [0.2, 0.25) is 0 Å². The fourth-order valence-electron chi connectivity index (χ4n) is 2.44. The first-order valence-electron chi connectivity index (χ1n) is 6.53. The molecular formula is C16H20O. The highest BCUT2D eigenvalue weighted by Crippen LogP contribution is 2.28. The maximum absolute atomic E-state index is 11.2. The van der Waals surface area contributed by atoms with Crippen molar-refractivity contribution >= 4 is 5.78 Å². The SMILES string of the molecule is CC(=O)c1ccc(C2C/C=C\CCCC2)cc1. The molecule has 0 aromatic heterocycles. The van der Waals surface area contributed by atoms with Gasteiger partial charge in [-0.2, -0.15) is 0 Å². The normalized spacial score (nSPS) is 22.5. The number of rotatable bonds is 2. The smallest absolute Gasteiger partial charge is 0.159 e. The summed E-state index contributed by atoms with van der Waals surface area (Å²) in [6.45, 7) is 1.62. The predicted molar refractivity (Wildman–Crippen MR) is 71.4 cm³/mol. The van der Waals surface area contributed by atoms with Crippen LogP contribution in [0, 0.1) is 0 Å². The molecule has 17 heavy (non-hydrogen) atoms. The lowest BCUT2D eigenvalue weighted by Crippen LogP contribution is -2.01. The molecular weight excluding hydrogens is 208 g/mol. The summed E-state index contributed by atoms with van der Waals surface area (Å²) >= 11 is 0. The highest BCUT2D eigenvalue weighted by Gasteiger charge is 2.11. The van der Waals surface area contributed by atoms with Gasteiger partial charge in [0.25, 0.3) is 0 Å². The number of ketones is 1. The van der Waals surface area contributed by atoms with Gasteiger partial charge in [0.1, 0.15) is 0 Å². The van der Waals surface area contributed by atoms with Crippen LogP contribution in [0.15, 0.2) is 36.4 Å². The molecule has 1 aromatic rings. The molecule has 0 radical (unpaired) electrons. The van der Waals surface area contributed by atoms with Crippen LogP contribution in [0.1, 0.15) is 60.9 Å². The monoisotopic (exact) mass is 228 g/mol. The maximum atomic E-state index is 11.2. The van der Waals surface area contributed by atoms with Gasteiger partial charge < -0.3 is 0 Å². The summed E-state index contributed by atoms with van der Waals surface area (Å²) in [6, 6.07) is 8.16. The lowest BCUT2D eigenvalue weighted by atomic mass is 9.88. The zero-order chi connectivity index (χ0) is 12.1. The van der Waals surface area contributed by atoms with E-state index in [4.69, 9.17) is 0 Å². The van der Waals surface area contributed by atoms with E-state index in [9.17, 15) is 4.79 Å². The number of carbonyl (C=O) groups is 1. The Morgan fingerprint density at radius 3 is 2.59 bits per heavy atom. The summed E-state index contributed by atoms with van der Waals surface area (Å²) in [5.41, 5.74) is 2.19. The van der Waals surface area contributed by atoms with Crippen molar-refractivity contribution in [1.82, 2.24) is 0 Å². The molecule has 0 fully saturated rings.